The second kappa shape index (κ2) is 7.38. The summed E-state index contributed by atoms with van der Waals surface area (Å²) in [6.07, 6.45) is 6.03. The summed E-state index contributed by atoms with van der Waals surface area (Å²) in [4.78, 5) is 12.0. The molecule has 108 valence electrons. The molecule has 0 aliphatic heterocycles. The number of nitrogens with two attached hydrogens (primary N) is 1. The van der Waals surface area contributed by atoms with Crippen LogP contribution in [-0.2, 0) is 4.79 Å². The Labute approximate surface area is 115 Å². The van der Waals surface area contributed by atoms with Crippen LogP contribution < -0.4 is 5.73 Å². The van der Waals surface area contributed by atoms with E-state index in [-0.39, 0.29) is 23.8 Å². The van der Waals surface area contributed by atoms with Crippen LogP contribution in [-0.4, -0.2) is 20.8 Å². The number of hydrogen-bond donors (Lipinski definition) is 1. The van der Waals surface area contributed by atoms with Crippen LogP contribution in [0.5, 0.6) is 0 Å². The summed E-state index contributed by atoms with van der Waals surface area (Å²) in [5, 5.41) is 7.95. The van der Waals surface area contributed by atoms with Gasteiger partial charge in [-0.25, -0.2) is 4.68 Å². The third kappa shape index (κ3) is 4.13. The first-order valence-corrected chi connectivity index (χ1v) is 7.18. The molecule has 1 heterocycles. The summed E-state index contributed by atoms with van der Waals surface area (Å²) in [6, 6.07) is -0.390. The lowest BCUT2D eigenvalue weighted by atomic mass is 10.0. The molecule has 0 amide bonds. The fourth-order valence-electron chi connectivity index (χ4n) is 2.18. The lowest BCUT2D eigenvalue weighted by molar-refractivity contribution is -0.125. The molecule has 0 bridgehead atoms. The molecular weight excluding hydrogens is 240 g/mol. The van der Waals surface area contributed by atoms with Gasteiger partial charge in [0, 0.05) is 12.0 Å². The first kappa shape index (κ1) is 15.8. The lowest BCUT2D eigenvalue weighted by Crippen LogP contribution is -2.26. The molecule has 0 saturated heterocycles. The molecule has 2 atom stereocenters. The molecule has 0 fully saturated rings. The van der Waals surface area contributed by atoms with Crippen molar-refractivity contribution in [3.63, 3.8) is 0 Å². The van der Waals surface area contributed by atoms with Crippen LogP contribution in [0.1, 0.15) is 71.2 Å². The Hall–Kier alpha value is -1.23. The molecule has 0 unspecified atom stereocenters. The van der Waals surface area contributed by atoms with Crippen molar-refractivity contribution in [3.05, 3.63) is 11.9 Å². The van der Waals surface area contributed by atoms with Gasteiger partial charge in [0.2, 0.25) is 0 Å². The van der Waals surface area contributed by atoms with Gasteiger partial charge in [0.05, 0.1) is 11.9 Å². The molecular formula is C14H26N4O. The van der Waals surface area contributed by atoms with Crippen LogP contribution in [0.25, 0.3) is 0 Å². The smallest absolute Gasteiger partial charge is 0.159 e. The molecule has 19 heavy (non-hydrogen) atoms. The molecule has 0 aromatic carbocycles. The van der Waals surface area contributed by atoms with Crippen molar-refractivity contribution < 1.29 is 4.79 Å². The average Bonchev–Trinajstić information content (AvgIpc) is 2.86. The van der Waals surface area contributed by atoms with Gasteiger partial charge in [0.1, 0.15) is 6.04 Å². The standard InChI is InChI=1S/C14H26N4O/c1-5-6-7-8-12(15)13-9-16-17-18(13)11(4)14(19)10(2)3/h9-12H,5-8,15H2,1-4H3/t11-,12-/m0/s1. The highest BCUT2D eigenvalue weighted by Crippen LogP contribution is 2.21. The van der Waals surface area contributed by atoms with E-state index in [4.69, 9.17) is 5.73 Å². The molecule has 1 rings (SSSR count). The van der Waals surface area contributed by atoms with E-state index in [1.807, 2.05) is 20.8 Å². The van der Waals surface area contributed by atoms with Gasteiger partial charge in [-0.05, 0) is 13.3 Å². The highest BCUT2D eigenvalue weighted by Gasteiger charge is 2.23. The number of nitrogens with zero attached hydrogens (tertiary/aromatic N) is 3. The van der Waals surface area contributed by atoms with Crippen molar-refractivity contribution in [2.24, 2.45) is 11.7 Å². The van der Waals surface area contributed by atoms with E-state index in [0.717, 1.165) is 18.5 Å². The van der Waals surface area contributed by atoms with Gasteiger partial charge in [0.25, 0.3) is 0 Å². The van der Waals surface area contributed by atoms with Gasteiger partial charge in [-0.2, -0.15) is 0 Å². The summed E-state index contributed by atoms with van der Waals surface area (Å²) in [5.74, 6) is 0.149. The molecule has 0 aliphatic carbocycles. The van der Waals surface area contributed by atoms with Gasteiger partial charge in [-0.1, -0.05) is 45.2 Å². The highest BCUT2D eigenvalue weighted by molar-refractivity contribution is 5.83. The molecule has 2 N–H and O–H groups in total. The van der Waals surface area contributed by atoms with Crippen LogP contribution >= 0.6 is 0 Å². The first-order chi connectivity index (χ1) is 8.99. The number of hydrogen-bond acceptors (Lipinski definition) is 4. The minimum absolute atomic E-state index is 0.0108. The third-order valence-corrected chi connectivity index (χ3v) is 3.45. The van der Waals surface area contributed by atoms with E-state index in [2.05, 4.69) is 17.2 Å². The highest BCUT2D eigenvalue weighted by atomic mass is 16.1. The zero-order valence-corrected chi connectivity index (χ0v) is 12.5. The fraction of sp³-hybridized carbons (Fsp3) is 0.786. The first-order valence-electron chi connectivity index (χ1n) is 7.18. The monoisotopic (exact) mass is 266 g/mol. The van der Waals surface area contributed by atoms with E-state index in [9.17, 15) is 4.79 Å². The molecule has 0 saturated carbocycles. The van der Waals surface area contributed by atoms with Crippen LogP contribution in [0, 0.1) is 5.92 Å². The normalized spacial score (nSPS) is 14.6. The predicted octanol–water partition coefficient (Wildman–Crippen LogP) is 2.64. The Balaban J connectivity index is 2.76. The maximum atomic E-state index is 12.0. The van der Waals surface area contributed by atoms with Crippen molar-refractivity contribution in [1.82, 2.24) is 15.0 Å². The zero-order chi connectivity index (χ0) is 14.4. The maximum Gasteiger partial charge on any atom is 0.159 e. The summed E-state index contributed by atoms with van der Waals surface area (Å²) in [7, 11) is 0. The Morgan fingerprint density at radius 1 is 1.37 bits per heavy atom. The Bertz CT molecular complexity index is 400. The van der Waals surface area contributed by atoms with Crippen molar-refractivity contribution >= 4 is 5.78 Å². The van der Waals surface area contributed by atoms with Gasteiger partial charge >= 0.3 is 0 Å². The molecule has 0 spiro atoms. The number of rotatable bonds is 8. The van der Waals surface area contributed by atoms with E-state index >= 15 is 0 Å². The van der Waals surface area contributed by atoms with Gasteiger partial charge < -0.3 is 5.73 Å². The minimum Gasteiger partial charge on any atom is -0.323 e. The van der Waals surface area contributed by atoms with Crippen LogP contribution in [0.3, 0.4) is 0 Å². The largest absolute Gasteiger partial charge is 0.323 e. The summed E-state index contributed by atoms with van der Waals surface area (Å²) >= 11 is 0. The summed E-state index contributed by atoms with van der Waals surface area (Å²) in [5.41, 5.74) is 7.04. The molecule has 0 radical (unpaired) electrons. The second-order valence-corrected chi connectivity index (χ2v) is 5.44. The van der Waals surface area contributed by atoms with Crippen molar-refractivity contribution in [2.45, 2.75) is 65.5 Å². The van der Waals surface area contributed by atoms with E-state index in [1.54, 1.807) is 10.9 Å². The van der Waals surface area contributed by atoms with E-state index in [0.29, 0.717) is 0 Å². The molecule has 1 aromatic rings. The topological polar surface area (TPSA) is 73.8 Å². The number of carbonyl (C=O) groups is 1. The zero-order valence-electron chi connectivity index (χ0n) is 12.5. The summed E-state index contributed by atoms with van der Waals surface area (Å²) < 4.78 is 1.68. The molecule has 0 aliphatic rings. The van der Waals surface area contributed by atoms with Gasteiger partial charge in [0.15, 0.2) is 5.78 Å². The van der Waals surface area contributed by atoms with Crippen LogP contribution in [0.2, 0.25) is 0 Å². The number of Topliss-reactive ketones (excluding diaryl/α,β-unsaturated/α-hetero) is 1. The van der Waals surface area contributed by atoms with Crippen molar-refractivity contribution in [1.29, 1.82) is 0 Å². The molecule has 1 aromatic heterocycles. The summed E-state index contributed by atoms with van der Waals surface area (Å²) in [6.45, 7) is 7.83. The number of unbranched alkanes of at least 4 members (excludes halogenated alkanes) is 2. The predicted molar refractivity (Wildman–Crippen MR) is 75.6 cm³/mol. The van der Waals surface area contributed by atoms with Crippen LogP contribution in [0.4, 0.5) is 0 Å². The third-order valence-electron chi connectivity index (χ3n) is 3.45. The quantitative estimate of drug-likeness (QED) is 0.734. The number of carbonyl (C=O) groups excluding carboxylic acids is 1. The lowest BCUT2D eigenvalue weighted by Gasteiger charge is -2.18. The Morgan fingerprint density at radius 3 is 2.63 bits per heavy atom. The Morgan fingerprint density at radius 2 is 2.05 bits per heavy atom. The fourth-order valence-corrected chi connectivity index (χ4v) is 2.18. The van der Waals surface area contributed by atoms with E-state index in [1.165, 1.54) is 12.8 Å². The second-order valence-electron chi connectivity index (χ2n) is 5.44. The molecule has 5 nitrogen and oxygen atoms in total. The van der Waals surface area contributed by atoms with E-state index < -0.39 is 0 Å². The Kier molecular flexibility index (Phi) is 6.15. The van der Waals surface area contributed by atoms with Gasteiger partial charge in [-0.15, -0.1) is 5.10 Å². The number of aromatic nitrogens is 3. The van der Waals surface area contributed by atoms with Crippen LogP contribution in [0.15, 0.2) is 6.20 Å². The molecule has 5 heteroatoms. The van der Waals surface area contributed by atoms with Gasteiger partial charge in [-0.3, -0.25) is 4.79 Å². The minimum atomic E-state index is -0.297. The van der Waals surface area contributed by atoms with Crippen molar-refractivity contribution in [3.8, 4) is 0 Å². The van der Waals surface area contributed by atoms with Crippen molar-refractivity contribution in [2.75, 3.05) is 0 Å². The number of ketones is 1. The average molecular weight is 266 g/mol. The SMILES string of the molecule is CCCCC[C@H](N)c1cnnn1[C@@H](C)C(=O)C(C)C. The maximum absolute atomic E-state index is 12.0.